The molecular weight excluding hydrogens is 489 g/mol. The Balaban J connectivity index is 1.60. The molecule has 1 atom stereocenters. The number of nitriles is 1. The molecule has 32 heavy (non-hydrogen) atoms. The topological polar surface area (TPSA) is 79.6 Å². The predicted molar refractivity (Wildman–Crippen MR) is 118 cm³/mol. The van der Waals surface area contributed by atoms with Gasteiger partial charge in [-0.05, 0) is 49.4 Å². The van der Waals surface area contributed by atoms with Crippen LogP contribution in [0.25, 0.3) is 0 Å². The van der Waals surface area contributed by atoms with Crippen LogP contribution in [0.3, 0.4) is 0 Å². The number of carbonyl (C=O) groups is 1. The van der Waals surface area contributed by atoms with Crippen LogP contribution in [0.5, 0.6) is 0 Å². The van der Waals surface area contributed by atoms with Crippen molar-refractivity contribution in [1.29, 1.82) is 5.26 Å². The molecule has 1 fully saturated rings. The first kappa shape index (κ1) is 24.0. The zero-order chi connectivity index (χ0) is 23.5. The van der Waals surface area contributed by atoms with E-state index in [1.165, 1.54) is 19.1 Å². The van der Waals surface area contributed by atoms with E-state index >= 15 is 0 Å². The maximum absolute atomic E-state index is 13.1. The third kappa shape index (κ3) is 5.79. The molecule has 2 aromatic carbocycles. The number of halogens is 4. The largest absolute Gasteiger partial charge is 0.417 e. The SMILES string of the molecule is CC(O)(CN1CCN(c2ccc(Br)cc2)CC1)C(=O)Nc1ccc(C#N)c(C(F)(F)F)c1. The van der Waals surface area contributed by atoms with Crippen molar-refractivity contribution >= 4 is 33.2 Å². The minimum absolute atomic E-state index is 0.0371. The Hall–Kier alpha value is -2.61. The van der Waals surface area contributed by atoms with Gasteiger partial charge in [0.1, 0.15) is 0 Å². The Morgan fingerprint density at radius 1 is 1.16 bits per heavy atom. The highest BCUT2D eigenvalue weighted by Gasteiger charge is 2.36. The van der Waals surface area contributed by atoms with Crippen LogP contribution in [0.4, 0.5) is 24.5 Å². The lowest BCUT2D eigenvalue weighted by Gasteiger charge is -2.38. The summed E-state index contributed by atoms with van der Waals surface area (Å²) in [5, 5.41) is 21.9. The number of piperazine rings is 1. The highest BCUT2D eigenvalue weighted by molar-refractivity contribution is 9.10. The molecule has 2 aromatic rings. The van der Waals surface area contributed by atoms with Gasteiger partial charge in [-0.15, -0.1) is 0 Å². The highest BCUT2D eigenvalue weighted by Crippen LogP contribution is 2.33. The number of carbonyl (C=O) groups excluding carboxylic acids is 1. The Morgan fingerprint density at radius 3 is 2.34 bits per heavy atom. The molecule has 10 heteroatoms. The standard InChI is InChI=1S/C22H22BrF3N4O2/c1-21(32,14-29-8-10-30(11-9-29)18-6-3-16(23)4-7-18)20(31)28-17-5-2-15(13-27)19(12-17)22(24,25)26/h2-7,12,32H,8-11,14H2,1H3,(H,28,31). The van der Waals surface area contributed by atoms with Crippen LogP contribution < -0.4 is 10.2 Å². The number of benzene rings is 2. The average molecular weight is 511 g/mol. The van der Waals surface area contributed by atoms with Crippen LogP contribution in [0.1, 0.15) is 18.1 Å². The van der Waals surface area contributed by atoms with Gasteiger partial charge in [-0.1, -0.05) is 15.9 Å². The molecule has 0 aliphatic carbocycles. The van der Waals surface area contributed by atoms with Gasteiger partial charge < -0.3 is 15.3 Å². The molecule has 3 rings (SSSR count). The number of anilines is 2. The summed E-state index contributed by atoms with van der Waals surface area (Å²) in [6.07, 6.45) is -4.73. The molecular formula is C22H22BrF3N4O2. The first-order valence-corrected chi connectivity index (χ1v) is 10.7. The monoisotopic (exact) mass is 510 g/mol. The lowest BCUT2D eigenvalue weighted by Crippen LogP contribution is -2.54. The van der Waals surface area contributed by atoms with Crippen molar-refractivity contribution in [2.45, 2.75) is 18.7 Å². The maximum atomic E-state index is 13.1. The van der Waals surface area contributed by atoms with Crippen molar-refractivity contribution < 1.29 is 23.1 Å². The minimum atomic E-state index is -4.73. The van der Waals surface area contributed by atoms with E-state index in [9.17, 15) is 23.1 Å². The van der Waals surface area contributed by atoms with E-state index in [2.05, 4.69) is 26.1 Å². The van der Waals surface area contributed by atoms with E-state index in [1.54, 1.807) is 0 Å². The fourth-order valence-electron chi connectivity index (χ4n) is 3.54. The normalized spacial score (nSPS) is 16.8. The Kier molecular flexibility index (Phi) is 7.12. The van der Waals surface area contributed by atoms with Gasteiger partial charge in [-0.25, -0.2) is 0 Å². The van der Waals surface area contributed by atoms with Crippen molar-refractivity contribution in [3.05, 3.63) is 58.1 Å². The van der Waals surface area contributed by atoms with Gasteiger partial charge in [-0.3, -0.25) is 9.69 Å². The van der Waals surface area contributed by atoms with Crippen LogP contribution in [0.2, 0.25) is 0 Å². The Labute approximate surface area is 192 Å². The zero-order valence-corrected chi connectivity index (χ0v) is 18.9. The van der Waals surface area contributed by atoms with Gasteiger partial charge in [0.25, 0.3) is 5.91 Å². The fraction of sp³-hybridized carbons (Fsp3) is 0.364. The number of amides is 1. The molecule has 1 aliphatic heterocycles. The second-order valence-corrected chi connectivity index (χ2v) is 8.75. The predicted octanol–water partition coefficient (Wildman–Crippen LogP) is 3.85. The van der Waals surface area contributed by atoms with Crippen LogP contribution in [-0.2, 0) is 11.0 Å². The molecule has 2 N–H and O–H groups in total. The van der Waals surface area contributed by atoms with E-state index < -0.39 is 28.8 Å². The van der Waals surface area contributed by atoms with E-state index in [1.807, 2.05) is 29.2 Å². The second kappa shape index (κ2) is 9.48. The Morgan fingerprint density at radius 2 is 1.78 bits per heavy atom. The number of hydrogen-bond donors (Lipinski definition) is 2. The zero-order valence-electron chi connectivity index (χ0n) is 17.3. The lowest BCUT2D eigenvalue weighted by atomic mass is 10.0. The molecule has 0 aromatic heterocycles. The maximum Gasteiger partial charge on any atom is 0.417 e. The molecule has 170 valence electrons. The molecule has 0 saturated carbocycles. The number of hydrogen-bond acceptors (Lipinski definition) is 5. The molecule has 1 heterocycles. The van der Waals surface area contributed by atoms with Gasteiger partial charge in [0, 0.05) is 48.6 Å². The molecule has 0 spiro atoms. The number of nitrogens with one attached hydrogen (secondary N) is 1. The lowest BCUT2D eigenvalue weighted by molar-refractivity contribution is -0.138. The summed E-state index contributed by atoms with van der Waals surface area (Å²) in [5.74, 6) is -0.814. The summed E-state index contributed by atoms with van der Waals surface area (Å²) in [5.41, 5.74) is -2.54. The number of alkyl halides is 3. The number of aliphatic hydroxyl groups is 1. The molecule has 0 radical (unpaired) electrons. The van der Waals surface area contributed by atoms with Crippen molar-refractivity contribution in [2.24, 2.45) is 0 Å². The number of rotatable bonds is 5. The first-order valence-electron chi connectivity index (χ1n) is 9.87. The summed E-state index contributed by atoms with van der Waals surface area (Å²) >= 11 is 3.41. The van der Waals surface area contributed by atoms with Gasteiger partial charge in [0.2, 0.25) is 0 Å². The number of nitrogens with zero attached hydrogens (tertiary/aromatic N) is 3. The van der Waals surface area contributed by atoms with Crippen molar-refractivity contribution in [3.8, 4) is 6.07 Å². The molecule has 6 nitrogen and oxygen atoms in total. The van der Waals surface area contributed by atoms with E-state index in [4.69, 9.17) is 5.26 Å². The molecule has 1 amide bonds. The smallest absolute Gasteiger partial charge is 0.379 e. The first-order chi connectivity index (χ1) is 15.0. The molecule has 1 aliphatic rings. The third-order valence-electron chi connectivity index (χ3n) is 5.29. The van der Waals surface area contributed by atoms with Crippen molar-refractivity contribution in [1.82, 2.24) is 4.90 Å². The second-order valence-electron chi connectivity index (χ2n) is 7.84. The summed E-state index contributed by atoms with van der Waals surface area (Å²) in [6, 6.07) is 12.3. The number of β-amino-alcohol motifs (C(OH)–C–C–N with tert-alkyl or cyclic N) is 1. The molecule has 1 saturated heterocycles. The van der Waals surface area contributed by atoms with Gasteiger partial charge in [0.05, 0.1) is 17.2 Å². The van der Waals surface area contributed by atoms with E-state index in [-0.39, 0.29) is 12.2 Å². The van der Waals surface area contributed by atoms with Crippen LogP contribution in [-0.4, -0.2) is 54.2 Å². The fourth-order valence-corrected chi connectivity index (χ4v) is 3.81. The molecule has 0 bridgehead atoms. The van der Waals surface area contributed by atoms with E-state index in [0.29, 0.717) is 32.2 Å². The summed E-state index contributed by atoms with van der Waals surface area (Å²) in [4.78, 5) is 16.7. The average Bonchev–Trinajstić information content (AvgIpc) is 2.74. The Bertz CT molecular complexity index is 1010. The molecule has 1 unspecified atom stereocenters. The summed E-state index contributed by atoms with van der Waals surface area (Å²) < 4.78 is 40.4. The van der Waals surface area contributed by atoms with Crippen LogP contribution in [0.15, 0.2) is 46.9 Å². The van der Waals surface area contributed by atoms with Crippen molar-refractivity contribution in [2.75, 3.05) is 42.9 Å². The highest BCUT2D eigenvalue weighted by atomic mass is 79.9. The van der Waals surface area contributed by atoms with Crippen LogP contribution >= 0.6 is 15.9 Å². The summed E-state index contributed by atoms with van der Waals surface area (Å²) in [7, 11) is 0. The van der Waals surface area contributed by atoms with Gasteiger partial charge in [-0.2, -0.15) is 18.4 Å². The van der Waals surface area contributed by atoms with Gasteiger partial charge >= 0.3 is 6.18 Å². The third-order valence-corrected chi connectivity index (χ3v) is 5.82. The summed E-state index contributed by atoms with van der Waals surface area (Å²) in [6.45, 7) is 4.03. The van der Waals surface area contributed by atoms with Crippen molar-refractivity contribution in [3.63, 3.8) is 0 Å². The van der Waals surface area contributed by atoms with Crippen LogP contribution in [0, 0.1) is 11.3 Å². The minimum Gasteiger partial charge on any atom is -0.379 e. The quantitative estimate of drug-likeness (QED) is 0.638. The van der Waals surface area contributed by atoms with Gasteiger partial charge in [0.15, 0.2) is 5.60 Å². The van der Waals surface area contributed by atoms with E-state index in [0.717, 1.165) is 16.2 Å².